The van der Waals surface area contributed by atoms with Crippen LogP contribution in [-0.4, -0.2) is 44.6 Å². The summed E-state index contributed by atoms with van der Waals surface area (Å²) in [7, 11) is -9.91. The molecule has 0 radical (unpaired) electrons. The van der Waals surface area contributed by atoms with Crippen molar-refractivity contribution < 1.29 is 47.4 Å². The largest absolute Gasteiger partial charge is 0.534 e. The standard InChI is InChI=1S/C13H10F6N2O5S2/c1-27(22,23)9-4-2-8(3-5-9)10-6-20-21(7-12(14,15)16)11(10)26-28(24,25)13(17,18)19/h2-6H,7H2,1H3. The topological polar surface area (TPSA) is 95.3 Å². The van der Waals surface area contributed by atoms with Gasteiger partial charge in [0.05, 0.1) is 16.7 Å². The van der Waals surface area contributed by atoms with Crippen LogP contribution in [0, 0.1) is 0 Å². The number of rotatable bonds is 5. The van der Waals surface area contributed by atoms with E-state index >= 15 is 0 Å². The number of aromatic nitrogens is 2. The second-order valence-electron chi connectivity index (χ2n) is 5.42. The van der Waals surface area contributed by atoms with Gasteiger partial charge in [0, 0.05) is 6.26 Å². The third kappa shape index (κ3) is 4.95. The van der Waals surface area contributed by atoms with E-state index in [1.165, 1.54) is 0 Å². The Hall–Kier alpha value is -2.29. The lowest BCUT2D eigenvalue weighted by atomic mass is 10.1. The molecular formula is C13H10F6N2O5S2. The van der Waals surface area contributed by atoms with Crippen molar-refractivity contribution in [2.24, 2.45) is 0 Å². The van der Waals surface area contributed by atoms with Crippen LogP contribution >= 0.6 is 0 Å². The van der Waals surface area contributed by atoms with Crippen molar-refractivity contribution in [2.45, 2.75) is 23.1 Å². The van der Waals surface area contributed by atoms with Crippen molar-refractivity contribution in [3.63, 3.8) is 0 Å². The van der Waals surface area contributed by atoms with E-state index in [-0.39, 0.29) is 15.1 Å². The lowest BCUT2D eigenvalue weighted by Crippen LogP contribution is -2.30. The molecule has 0 aliphatic rings. The normalized spacial score (nSPS) is 13.5. The first kappa shape index (κ1) is 22.0. The number of nitrogens with zero attached hydrogens (tertiary/aromatic N) is 2. The molecule has 15 heteroatoms. The summed E-state index contributed by atoms with van der Waals surface area (Å²) in [6.07, 6.45) is -3.39. The fourth-order valence-electron chi connectivity index (χ4n) is 1.98. The van der Waals surface area contributed by atoms with E-state index in [0.29, 0.717) is 6.20 Å². The molecule has 2 aromatic rings. The van der Waals surface area contributed by atoms with Crippen molar-refractivity contribution in [1.29, 1.82) is 0 Å². The molecule has 0 amide bonds. The van der Waals surface area contributed by atoms with Gasteiger partial charge in [-0.1, -0.05) is 12.1 Å². The zero-order valence-corrected chi connectivity index (χ0v) is 15.2. The fourth-order valence-corrected chi connectivity index (χ4v) is 3.08. The predicted molar refractivity (Wildman–Crippen MR) is 82.4 cm³/mol. The van der Waals surface area contributed by atoms with Gasteiger partial charge in [0.15, 0.2) is 9.84 Å². The Morgan fingerprint density at radius 3 is 1.96 bits per heavy atom. The van der Waals surface area contributed by atoms with Gasteiger partial charge in [-0.3, -0.25) is 0 Å². The van der Waals surface area contributed by atoms with Crippen molar-refractivity contribution >= 4 is 20.0 Å². The molecule has 1 heterocycles. The number of hydrogen-bond acceptors (Lipinski definition) is 6. The van der Waals surface area contributed by atoms with Crippen LogP contribution in [0.15, 0.2) is 35.4 Å². The van der Waals surface area contributed by atoms with E-state index in [1.807, 2.05) is 0 Å². The number of sulfone groups is 1. The predicted octanol–water partition coefficient (Wildman–Crippen LogP) is 2.74. The maximum Gasteiger partial charge on any atom is 0.534 e. The molecule has 1 aromatic carbocycles. The summed E-state index contributed by atoms with van der Waals surface area (Å²) in [4.78, 5) is -0.177. The van der Waals surface area contributed by atoms with Crippen LogP contribution < -0.4 is 4.18 Å². The molecule has 0 saturated heterocycles. The number of benzene rings is 1. The average molecular weight is 452 g/mol. The molecule has 0 spiro atoms. The highest BCUT2D eigenvalue weighted by Crippen LogP contribution is 2.36. The van der Waals surface area contributed by atoms with Crippen LogP contribution in [0.5, 0.6) is 5.88 Å². The lowest BCUT2D eigenvalue weighted by molar-refractivity contribution is -0.143. The Balaban J connectivity index is 2.59. The highest BCUT2D eigenvalue weighted by Gasteiger charge is 2.49. The van der Waals surface area contributed by atoms with E-state index in [2.05, 4.69) is 9.28 Å². The molecule has 0 fully saturated rings. The molecule has 0 aliphatic heterocycles. The van der Waals surface area contributed by atoms with Gasteiger partial charge in [-0.2, -0.15) is 39.9 Å². The van der Waals surface area contributed by atoms with Crippen LogP contribution in [0.4, 0.5) is 26.3 Å². The van der Waals surface area contributed by atoms with Gasteiger partial charge in [0.2, 0.25) is 5.88 Å². The first-order valence-corrected chi connectivity index (χ1v) is 10.2. The van der Waals surface area contributed by atoms with E-state index < -0.39 is 49.6 Å². The third-order valence-corrected chi connectivity index (χ3v) is 5.26. The summed E-state index contributed by atoms with van der Waals surface area (Å²) in [5.74, 6) is -1.32. The van der Waals surface area contributed by atoms with E-state index in [1.54, 1.807) is 0 Å². The third-order valence-electron chi connectivity index (χ3n) is 3.19. The van der Waals surface area contributed by atoms with Crippen molar-refractivity contribution in [2.75, 3.05) is 6.26 Å². The van der Waals surface area contributed by atoms with Crippen LogP contribution in [0.3, 0.4) is 0 Å². The summed E-state index contributed by atoms with van der Waals surface area (Å²) < 4.78 is 125. The molecule has 7 nitrogen and oxygen atoms in total. The van der Waals surface area contributed by atoms with Crippen molar-refractivity contribution in [3.05, 3.63) is 30.5 Å². The first-order chi connectivity index (χ1) is 12.5. The van der Waals surface area contributed by atoms with Gasteiger partial charge in [-0.05, 0) is 17.7 Å². The molecule has 0 unspecified atom stereocenters. The summed E-state index contributed by atoms with van der Waals surface area (Å²) in [6, 6.07) is 4.18. The molecule has 0 saturated carbocycles. The number of halogens is 6. The molecule has 28 heavy (non-hydrogen) atoms. The average Bonchev–Trinajstić information content (AvgIpc) is 2.85. The van der Waals surface area contributed by atoms with Gasteiger partial charge in [0.25, 0.3) is 0 Å². The van der Waals surface area contributed by atoms with Gasteiger partial charge in [-0.25, -0.2) is 13.1 Å². The number of alkyl halides is 6. The summed E-state index contributed by atoms with van der Waals surface area (Å²) >= 11 is 0. The molecule has 2 rings (SSSR count). The maximum absolute atomic E-state index is 12.6. The molecule has 0 bridgehead atoms. The monoisotopic (exact) mass is 452 g/mol. The van der Waals surface area contributed by atoms with Crippen molar-refractivity contribution in [1.82, 2.24) is 9.78 Å². The summed E-state index contributed by atoms with van der Waals surface area (Å²) in [6.45, 7) is -1.92. The minimum absolute atomic E-state index is 0.0941. The SMILES string of the molecule is CS(=O)(=O)c1ccc(-c2cnn(CC(F)(F)F)c2OS(=O)(=O)C(F)(F)F)cc1. The quantitative estimate of drug-likeness (QED) is 0.393. The fraction of sp³-hybridized carbons (Fsp3) is 0.308. The van der Waals surface area contributed by atoms with E-state index in [0.717, 1.165) is 30.5 Å². The zero-order valence-electron chi connectivity index (χ0n) is 13.6. The summed E-state index contributed by atoms with van der Waals surface area (Å²) in [5, 5.41) is 3.24. The first-order valence-electron chi connectivity index (χ1n) is 6.95. The van der Waals surface area contributed by atoms with Gasteiger partial charge < -0.3 is 4.18 Å². The number of hydrogen-bond donors (Lipinski definition) is 0. The maximum atomic E-state index is 12.6. The van der Waals surface area contributed by atoms with E-state index in [9.17, 15) is 43.2 Å². The van der Waals surface area contributed by atoms with Crippen molar-refractivity contribution in [3.8, 4) is 17.0 Å². The van der Waals surface area contributed by atoms with Gasteiger partial charge >= 0.3 is 21.8 Å². The van der Waals surface area contributed by atoms with Gasteiger partial charge in [0.1, 0.15) is 6.54 Å². The molecule has 0 N–H and O–H groups in total. The Labute approximate surface area is 154 Å². The highest BCUT2D eigenvalue weighted by atomic mass is 32.2. The zero-order chi connectivity index (χ0) is 21.5. The minimum Gasteiger partial charge on any atom is -0.355 e. The smallest absolute Gasteiger partial charge is 0.355 e. The molecule has 156 valence electrons. The molecule has 0 atom stereocenters. The van der Waals surface area contributed by atoms with Crippen LogP contribution in [0.1, 0.15) is 0 Å². The summed E-state index contributed by atoms with van der Waals surface area (Å²) in [5.41, 5.74) is -6.53. The second kappa shape index (κ2) is 6.95. The Morgan fingerprint density at radius 1 is 1.00 bits per heavy atom. The Bertz CT molecular complexity index is 1070. The van der Waals surface area contributed by atoms with E-state index in [4.69, 9.17) is 0 Å². The Kier molecular flexibility index (Phi) is 5.46. The Morgan fingerprint density at radius 2 is 1.54 bits per heavy atom. The molecule has 0 aliphatic carbocycles. The van der Waals surface area contributed by atoms with Crippen LogP contribution in [-0.2, 0) is 26.5 Å². The van der Waals surface area contributed by atoms with Gasteiger partial charge in [-0.15, -0.1) is 0 Å². The van der Waals surface area contributed by atoms with Crippen LogP contribution in [0.25, 0.3) is 11.1 Å². The highest BCUT2D eigenvalue weighted by molar-refractivity contribution is 7.90. The lowest BCUT2D eigenvalue weighted by Gasteiger charge is -2.14. The second-order valence-corrected chi connectivity index (χ2v) is 8.97. The molecular weight excluding hydrogens is 442 g/mol. The van der Waals surface area contributed by atoms with Crippen LogP contribution in [0.2, 0.25) is 0 Å². The molecule has 1 aromatic heterocycles. The minimum atomic E-state index is -6.28.